The van der Waals surface area contributed by atoms with Gasteiger partial charge in [-0.05, 0) is 52.4 Å². The van der Waals surface area contributed by atoms with Gasteiger partial charge in [0.15, 0.2) is 0 Å². The van der Waals surface area contributed by atoms with Crippen LogP contribution in [0.1, 0.15) is 25.7 Å². The lowest BCUT2D eigenvalue weighted by molar-refractivity contribution is 0.196. The summed E-state index contributed by atoms with van der Waals surface area (Å²) >= 11 is 0. The second kappa shape index (κ2) is 5.86. The minimum atomic E-state index is -3.13. The molecular weight excluding hydrogens is 250 g/mol. The highest BCUT2D eigenvalue weighted by atomic mass is 32.2. The largest absolute Gasteiger partial charge is 0.315 e. The molecule has 2 heterocycles. The average Bonchev–Trinajstić information content (AvgIpc) is 2.40. The smallest absolute Gasteiger partial charge is 0.218 e. The van der Waals surface area contributed by atoms with E-state index in [0.29, 0.717) is 6.54 Å². The van der Waals surface area contributed by atoms with Crippen LogP contribution in [0.4, 0.5) is 0 Å². The fourth-order valence-corrected chi connectivity index (χ4v) is 4.77. The van der Waals surface area contributed by atoms with Crippen molar-refractivity contribution < 1.29 is 8.42 Å². The molecule has 0 amide bonds. The van der Waals surface area contributed by atoms with Crippen molar-refractivity contribution in [3.8, 4) is 0 Å². The Kier molecular flexibility index (Phi) is 4.64. The number of sulfonamides is 1. The van der Waals surface area contributed by atoms with Gasteiger partial charge >= 0.3 is 0 Å². The summed E-state index contributed by atoms with van der Waals surface area (Å²) in [6, 6.07) is 0.188. The molecule has 0 aromatic carbocycles. The minimum absolute atomic E-state index is 0.188. The first-order valence-electron chi connectivity index (χ1n) is 6.88. The van der Waals surface area contributed by atoms with E-state index in [1.54, 1.807) is 11.4 Å². The van der Waals surface area contributed by atoms with Crippen molar-refractivity contribution in [3.63, 3.8) is 0 Å². The van der Waals surface area contributed by atoms with Crippen molar-refractivity contribution in [1.29, 1.82) is 0 Å². The van der Waals surface area contributed by atoms with Crippen LogP contribution < -0.4 is 5.32 Å². The van der Waals surface area contributed by atoms with Crippen molar-refractivity contribution in [2.24, 2.45) is 0 Å². The molecule has 2 rings (SSSR count). The summed E-state index contributed by atoms with van der Waals surface area (Å²) < 4.78 is 26.7. The normalized spacial score (nSPS) is 28.7. The minimum Gasteiger partial charge on any atom is -0.315 e. The van der Waals surface area contributed by atoms with Gasteiger partial charge in [-0.2, -0.15) is 0 Å². The summed E-state index contributed by atoms with van der Waals surface area (Å²) in [6.07, 6.45) is 3.66. The van der Waals surface area contributed by atoms with Gasteiger partial charge in [-0.15, -0.1) is 0 Å². The molecule has 2 aliphatic rings. The summed E-state index contributed by atoms with van der Waals surface area (Å²) in [5.41, 5.74) is 0. The maximum atomic E-state index is 12.5. The summed E-state index contributed by atoms with van der Waals surface area (Å²) in [5, 5.41) is 2.97. The first kappa shape index (κ1) is 14.2. The molecule has 1 N–H and O–H groups in total. The molecule has 0 saturated carbocycles. The lowest BCUT2D eigenvalue weighted by Gasteiger charge is -2.37. The van der Waals surface area contributed by atoms with Crippen LogP contribution in [0.5, 0.6) is 0 Å². The number of nitrogens with one attached hydrogen (secondary N) is 1. The van der Waals surface area contributed by atoms with Gasteiger partial charge in [0.05, 0.1) is 5.25 Å². The maximum Gasteiger partial charge on any atom is 0.218 e. The van der Waals surface area contributed by atoms with Crippen LogP contribution >= 0.6 is 0 Å². The molecule has 2 fully saturated rings. The van der Waals surface area contributed by atoms with Crippen LogP contribution in [0.2, 0.25) is 0 Å². The van der Waals surface area contributed by atoms with E-state index in [1.165, 1.54) is 0 Å². The Morgan fingerprint density at radius 1 is 1.22 bits per heavy atom. The molecule has 18 heavy (non-hydrogen) atoms. The molecule has 6 heteroatoms. The molecule has 1 unspecified atom stereocenters. The van der Waals surface area contributed by atoms with E-state index < -0.39 is 10.0 Å². The third kappa shape index (κ3) is 3.04. The van der Waals surface area contributed by atoms with Gasteiger partial charge in [-0.1, -0.05) is 0 Å². The zero-order valence-corrected chi connectivity index (χ0v) is 12.2. The quantitative estimate of drug-likeness (QED) is 0.793. The predicted molar refractivity (Wildman–Crippen MR) is 73.1 cm³/mol. The molecule has 0 radical (unpaired) electrons. The zero-order chi connectivity index (χ0) is 13.2. The summed E-state index contributed by atoms with van der Waals surface area (Å²) in [6.45, 7) is 3.55. The first-order valence-corrected chi connectivity index (χ1v) is 8.38. The maximum absolute atomic E-state index is 12.5. The van der Waals surface area contributed by atoms with E-state index in [2.05, 4.69) is 17.3 Å². The van der Waals surface area contributed by atoms with E-state index in [4.69, 9.17) is 0 Å². The SMILES string of the molecule is CN1CCC(N(C)S(=O)(=O)C2CCCNC2)CC1. The fraction of sp³-hybridized carbons (Fsp3) is 1.00. The van der Waals surface area contributed by atoms with Crippen LogP contribution in [0.25, 0.3) is 0 Å². The second-order valence-corrected chi connectivity index (χ2v) is 7.84. The molecule has 0 aromatic heterocycles. The Morgan fingerprint density at radius 3 is 2.44 bits per heavy atom. The van der Waals surface area contributed by atoms with Gasteiger partial charge in [-0.3, -0.25) is 0 Å². The highest BCUT2D eigenvalue weighted by molar-refractivity contribution is 7.89. The van der Waals surface area contributed by atoms with Crippen LogP contribution in [0.15, 0.2) is 0 Å². The first-order chi connectivity index (χ1) is 8.51. The third-order valence-electron chi connectivity index (χ3n) is 4.28. The van der Waals surface area contributed by atoms with Gasteiger partial charge in [0.25, 0.3) is 0 Å². The van der Waals surface area contributed by atoms with Crippen molar-refractivity contribution in [2.75, 3.05) is 40.3 Å². The zero-order valence-electron chi connectivity index (χ0n) is 11.4. The van der Waals surface area contributed by atoms with Crippen LogP contribution in [0.3, 0.4) is 0 Å². The monoisotopic (exact) mass is 275 g/mol. The molecular formula is C12H25N3O2S. The second-order valence-electron chi connectivity index (χ2n) is 5.56. The number of rotatable bonds is 3. The molecule has 2 saturated heterocycles. The van der Waals surface area contributed by atoms with Crippen molar-refractivity contribution in [1.82, 2.24) is 14.5 Å². The summed E-state index contributed by atoms with van der Waals surface area (Å²) in [7, 11) is 0.730. The van der Waals surface area contributed by atoms with E-state index in [-0.39, 0.29) is 11.3 Å². The van der Waals surface area contributed by atoms with Crippen LogP contribution in [-0.4, -0.2) is 69.2 Å². The molecule has 0 aliphatic carbocycles. The molecule has 0 aromatic rings. The van der Waals surface area contributed by atoms with Crippen LogP contribution in [-0.2, 0) is 10.0 Å². The molecule has 1 atom stereocenters. The Hall–Kier alpha value is -0.170. The Balaban J connectivity index is 2.00. The Morgan fingerprint density at radius 2 is 1.89 bits per heavy atom. The number of hydrogen-bond donors (Lipinski definition) is 1. The highest BCUT2D eigenvalue weighted by Gasteiger charge is 2.35. The number of likely N-dealkylation sites (tertiary alicyclic amines) is 1. The van der Waals surface area contributed by atoms with Crippen molar-refractivity contribution in [2.45, 2.75) is 37.0 Å². The van der Waals surface area contributed by atoms with Gasteiger partial charge in [0.2, 0.25) is 10.0 Å². The van der Waals surface area contributed by atoms with Gasteiger partial charge in [0.1, 0.15) is 0 Å². The lowest BCUT2D eigenvalue weighted by atomic mass is 10.1. The molecule has 0 bridgehead atoms. The van der Waals surface area contributed by atoms with Crippen LogP contribution in [0, 0.1) is 0 Å². The Labute approximate surface area is 111 Å². The van der Waals surface area contributed by atoms with E-state index >= 15 is 0 Å². The summed E-state index contributed by atoms with van der Waals surface area (Å²) in [4.78, 5) is 2.26. The number of hydrogen-bond acceptors (Lipinski definition) is 4. The number of piperidine rings is 2. The number of nitrogens with zero attached hydrogens (tertiary/aromatic N) is 2. The molecule has 106 valence electrons. The molecule has 5 nitrogen and oxygen atoms in total. The standard InChI is InChI=1S/C12H25N3O2S/c1-14-8-5-11(6-9-14)15(2)18(16,17)12-4-3-7-13-10-12/h11-13H,3-10H2,1-2H3. The van der Waals surface area contributed by atoms with Crippen molar-refractivity contribution in [3.05, 3.63) is 0 Å². The fourth-order valence-electron chi connectivity index (χ4n) is 2.88. The van der Waals surface area contributed by atoms with Crippen molar-refractivity contribution >= 4 is 10.0 Å². The van der Waals surface area contributed by atoms with E-state index in [0.717, 1.165) is 45.3 Å². The van der Waals surface area contributed by atoms with Gasteiger partial charge in [-0.25, -0.2) is 12.7 Å². The molecule has 0 spiro atoms. The topological polar surface area (TPSA) is 52.7 Å². The lowest BCUT2D eigenvalue weighted by Crippen LogP contribution is -2.50. The predicted octanol–water partition coefficient (Wildman–Crippen LogP) is 0.0942. The van der Waals surface area contributed by atoms with Gasteiger partial charge in [0, 0.05) is 19.6 Å². The van der Waals surface area contributed by atoms with E-state index in [9.17, 15) is 8.42 Å². The van der Waals surface area contributed by atoms with E-state index in [1.807, 2.05) is 0 Å². The average molecular weight is 275 g/mol. The Bertz CT molecular complexity index is 358. The third-order valence-corrected chi connectivity index (χ3v) is 6.62. The highest BCUT2D eigenvalue weighted by Crippen LogP contribution is 2.22. The summed E-state index contributed by atoms with van der Waals surface area (Å²) in [5.74, 6) is 0. The van der Waals surface area contributed by atoms with Gasteiger partial charge < -0.3 is 10.2 Å². The molecule has 2 aliphatic heterocycles.